The molecule has 0 amide bonds. The van der Waals surface area contributed by atoms with Gasteiger partial charge in [0.1, 0.15) is 10.9 Å². The third-order valence-electron chi connectivity index (χ3n) is 2.21. The summed E-state index contributed by atoms with van der Waals surface area (Å²) in [4.78, 5) is 6.19. The molecule has 0 spiro atoms. The minimum absolute atomic E-state index is 0.528. The molecule has 0 N–H and O–H groups in total. The van der Waals surface area contributed by atoms with Crippen LogP contribution < -0.4 is 9.64 Å². The van der Waals surface area contributed by atoms with Crippen LogP contribution >= 0.6 is 22.9 Å². The average Bonchev–Trinajstić information content (AvgIpc) is 2.75. The van der Waals surface area contributed by atoms with Gasteiger partial charge in [-0.15, -0.1) is 11.3 Å². The summed E-state index contributed by atoms with van der Waals surface area (Å²) in [5.74, 6) is 0.842. The number of aromatic nitrogens is 1. The molecule has 0 aliphatic heterocycles. The molecule has 0 radical (unpaired) electrons. The average molecular weight is 255 g/mol. The maximum absolute atomic E-state index is 5.79. The Morgan fingerprint density at radius 2 is 2.00 bits per heavy atom. The number of anilines is 2. The molecule has 0 unspecified atom stereocenters. The highest BCUT2D eigenvalue weighted by molar-refractivity contribution is 7.14. The van der Waals surface area contributed by atoms with Gasteiger partial charge in [0, 0.05) is 18.1 Å². The van der Waals surface area contributed by atoms with E-state index in [-0.39, 0.29) is 0 Å². The van der Waals surface area contributed by atoms with Crippen molar-refractivity contribution in [2.24, 2.45) is 0 Å². The lowest BCUT2D eigenvalue weighted by atomic mass is 10.3. The Hall–Kier alpha value is -1.26. The molecule has 1 aromatic carbocycles. The highest BCUT2D eigenvalue weighted by Crippen LogP contribution is 2.29. The fourth-order valence-corrected chi connectivity index (χ4v) is 2.25. The van der Waals surface area contributed by atoms with Crippen molar-refractivity contribution < 1.29 is 4.74 Å². The molecule has 2 rings (SSSR count). The van der Waals surface area contributed by atoms with Crippen LogP contribution in [0.25, 0.3) is 0 Å². The number of rotatable bonds is 3. The van der Waals surface area contributed by atoms with Crippen LogP contribution in [-0.2, 0) is 0 Å². The van der Waals surface area contributed by atoms with Crippen molar-refractivity contribution in [3.8, 4) is 5.75 Å². The molecule has 1 aromatic heterocycles. The molecule has 0 bridgehead atoms. The summed E-state index contributed by atoms with van der Waals surface area (Å²) < 4.78 is 5.11. The van der Waals surface area contributed by atoms with E-state index in [1.165, 1.54) is 11.3 Å². The zero-order valence-corrected chi connectivity index (χ0v) is 10.5. The first-order valence-corrected chi connectivity index (χ1v) is 5.95. The molecule has 0 aliphatic rings. The Bertz CT molecular complexity index is 469. The predicted octanol–water partition coefficient (Wildman–Crippen LogP) is 3.57. The van der Waals surface area contributed by atoms with Crippen LogP contribution in [0.4, 0.5) is 10.8 Å². The van der Waals surface area contributed by atoms with Crippen LogP contribution in [0.3, 0.4) is 0 Å². The van der Waals surface area contributed by atoms with E-state index in [9.17, 15) is 0 Å². The Kier molecular flexibility index (Phi) is 3.31. The molecule has 0 fully saturated rings. The van der Waals surface area contributed by atoms with Crippen LogP contribution in [0.5, 0.6) is 5.75 Å². The van der Waals surface area contributed by atoms with Crippen molar-refractivity contribution in [1.82, 2.24) is 4.98 Å². The summed E-state index contributed by atoms with van der Waals surface area (Å²) in [5, 5.41) is 3.22. The largest absolute Gasteiger partial charge is 0.497 e. The Morgan fingerprint density at radius 3 is 2.50 bits per heavy atom. The minimum Gasteiger partial charge on any atom is -0.497 e. The zero-order valence-electron chi connectivity index (χ0n) is 8.98. The quantitative estimate of drug-likeness (QED) is 0.837. The predicted molar refractivity (Wildman–Crippen MR) is 68.2 cm³/mol. The van der Waals surface area contributed by atoms with E-state index < -0.39 is 0 Å². The third-order valence-corrected chi connectivity index (χ3v) is 3.45. The topological polar surface area (TPSA) is 25.4 Å². The van der Waals surface area contributed by atoms with E-state index in [4.69, 9.17) is 16.3 Å². The second-order valence-corrected chi connectivity index (χ2v) is 4.43. The molecule has 84 valence electrons. The maximum Gasteiger partial charge on any atom is 0.191 e. The second kappa shape index (κ2) is 4.72. The molecule has 0 atom stereocenters. The monoisotopic (exact) mass is 254 g/mol. The van der Waals surface area contributed by atoms with Gasteiger partial charge in [-0.1, -0.05) is 11.6 Å². The maximum atomic E-state index is 5.79. The van der Waals surface area contributed by atoms with E-state index >= 15 is 0 Å². The second-order valence-electron chi connectivity index (χ2n) is 3.21. The van der Waals surface area contributed by atoms with Gasteiger partial charge in [-0.3, -0.25) is 0 Å². The number of ether oxygens (including phenoxy) is 1. The third kappa shape index (κ3) is 2.28. The van der Waals surface area contributed by atoms with Gasteiger partial charge in [-0.2, -0.15) is 0 Å². The molecular weight excluding hydrogens is 244 g/mol. The normalized spacial score (nSPS) is 10.2. The van der Waals surface area contributed by atoms with E-state index in [0.717, 1.165) is 16.6 Å². The standard InChI is InChI=1S/C11H11ClN2OS/c1-14(11-13-10(12)7-16-11)8-3-5-9(15-2)6-4-8/h3-7H,1-2H3. The molecule has 0 saturated carbocycles. The molecule has 0 saturated heterocycles. The molecule has 5 heteroatoms. The number of hydrogen-bond acceptors (Lipinski definition) is 4. The zero-order chi connectivity index (χ0) is 11.5. The van der Waals surface area contributed by atoms with Gasteiger partial charge in [0.2, 0.25) is 0 Å². The van der Waals surface area contributed by atoms with Crippen molar-refractivity contribution in [3.05, 3.63) is 34.8 Å². The molecule has 2 aromatic rings. The van der Waals surface area contributed by atoms with Crippen molar-refractivity contribution in [3.63, 3.8) is 0 Å². The lowest BCUT2D eigenvalue weighted by Gasteiger charge is -2.15. The van der Waals surface area contributed by atoms with Gasteiger partial charge >= 0.3 is 0 Å². The molecule has 3 nitrogen and oxygen atoms in total. The van der Waals surface area contributed by atoms with Gasteiger partial charge < -0.3 is 9.64 Å². The van der Waals surface area contributed by atoms with Crippen LogP contribution in [0.1, 0.15) is 0 Å². The summed E-state index contributed by atoms with van der Waals surface area (Å²) >= 11 is 7.31. The molecular formula is C11H11ClN2OS. The van der Waals surface area contributed by atoms with Gasteiger partial charge in [0.15, 0.2) is 5.13 Å². The molecule has 16 heavy (non-hydrogen) atoms. The minimum atomic E-state index is 0.528. The van der Waals surface area contributed by atoms with Crippen LogP contribution in [-0.4, -0.2) is 19.1 Å². The van der Waals surface area contributed by atoms with E-state index in [1.54, 1.807) is 7.11 Å². The highest BCUT2D eigenvalue weighted by atomic mass is 35.5. The Morgan fingerprint density at radius 1 is 1.31 bits per heavy atom. The number of methoxy groups -OCH3 is 1. The van der Waals surface area contributed by atoms with Crippen molar-refractivity contribution in [1.29, 1.82) is 0 Å². The number of nitrogens with zero attached hydrogens (tertiary/aromatic N) is 2. The van der Waals surface area contributed by atoms with Crippen LogP contribution in [0.2, 0.25) is 5.15 Å². The summed E-state index contributed by atoms with van der Waals surface area (Å²) in [7, 11) is 3.61. The van der Waals surface area contributed by atoms with Gasteiger partial charge in [-0.25, -0.2) is 4.98 Å². The first-order chi connectivity index (χ1) is 7.70. The Balaban J connectivity index is 2.23. The van der Waals surface area contributed by atoms with Crippen LogP contribution in [0.15, 0.2) is 29.6 Å². The first kappa shape index (κ1) is 11.2. The van der Waals surface area contributed by atoms with Crippen molar-refractivity contribution in [2.75, 3.05) is 19.1 Å². The van der Waals surface area contributed by atoms with Crippen molar-refractivity contribution in [2.45, 2.75) is 0 Å². The summed E-state index contributed by atoms with van der Waals surface area (Å²) in [6, 6.07) is 7.80. The van der Waals surface area contributed by atoms with E-state index in [2.05, 4.69) is 4.98 Å². The summed E-state index contributed by atoms with van der Waals surface area (Å²) in [6.07, 6.45) is 0. The van der Waals surface area contributed by atoms with Gasteiger partial charge in [-0.05, 0) is 24.3 Å². The number of halogens is 1. The van der Waals surface area contributed by atoms with E-state index in [0.29, 0.717) is 5.15 Å². The smallest absolute Gasteiger partial charge is 0.191 e. The lowest BCUT2D eigenvalue weighted by Crippen LogP contribution is -2.08. The van der Waals surface area contributed by atoms with Gasteiger partial charge in [0.05, 0.1) is 7.11 Å². The number of benzene rings is 1. The fourth-order valence-electron chi connectivity index (χ4n) is 1.32. The molecule has 1 heterocycles. The fraction of sp³-hybridized carbons (Fsp3) is 0.182. The molecule has 0 aliphatic carbocycles. The number of thiazole rings is 1. The van der Waals surface area contributed by atoms with Gasteiger partial charge in [0.25, 0.3) is 0 Å². The number of hydrogen-bond donors (Lipinski definition) is 0. The Labute approximate surface area is 103 Å². The van der Waals surface area contributed by atoms with Crippen LogP contribution in [0, 0.1) is 0 Å². The van der Waals surface area contributed by atoms with E-state index in [1.807, 2.05) is 41.6 Å². The summed E-state index contributed by atoms with van der Waals surface area (Å²) in [5.41, 5.74) is 1.05. The SMILES string of the molecule is COc1ccc(N(C)c2nc(Cl)cs2)cc1. The van der Waals surface area contributed by atoms with Crippen molar-refractivity contribution >= 4 is 33.8 Å². The first-order valence-electron chi connectivity index (χ1n) is 4.69. The highest BCUT2D eigenvalue weighted by Gasteiger charge is 2.07. The lowest BCUT2D eigenvalue weighted by molar-refractivity contribution is 0.415. The summed E-state index contributed by atoms with van der Waals surface area (Å²) in [6.45, 7) is 0.